The molecule has 1 aliphatic carbocycles. The van der Waals surface area contributed by atoms with E-state index in [1.54, 1.807) is 37.3 Å². The summed E-state index contributed by atoms with van der Waals surface area (Å²) in [6, 6.07) is 8.51. The highest BCUT2D eigenvalue weighted by Crippen LogP contribution is 2.39. The molecule has 0 bridgehead atoms. The second kappa shape index (κ2) is 15.1. The molecule has 5 N–H and O–H groups in total. The smallest absolute Gasteiger partial charge is 0.416 e. The van der Waals surface area contributed by atoms with Crippen molar-refractivity contribution in [2.45, 2.75) is 89.8 Å². The zero-order chi connectivity index (χ0) is 33.6. The van der Waals surface area contributed by atoms with Gasteiger partial charge in [0, 0.05) is 35.1 Å². The number of aromatic nitrogens is 4. The molecular weight excluding hydrogens is 606 g/mol. The number of carbonyl (C=O) groups excluding carboxylic acids is 1. The van der Waals surface area contributed by atoms with Crippen LogP contribution in [-0.2, 0) is 6.18 Å². The molecule has 1 aliphatic rings. The number of nitrogens with zero attached hydrogens (tertiary/aromatic N) is 4. The molecule has 4 aromatic rings. The van der Waals surface area contributed by atoms with Crippen LogP contribution >= 0.6 is 0 Å². The van der Waals surface area contributed by atoms with Crippen LogP contribution in [0.3, 0.4) is 0 Å². The third-order valence-corrected chi connectivity index (χ3v) is 8.52. The second-order valence-electron chi connectivity index (χ2n) is 12.2. The summed E-state index contributed by atoms with van der Waals surface area (Å²) < 4.78 is 41.4. The molecule has 1 fully saturated rings. The summed E-state index contributed by atoms with van der Waals surface area (Å²) in [5.74, 6) is -0.447. The van der Waals surface area contributed by atoms with Gasteiger partial charge < -0.3 is 21.3 Å². The molecule has 13 heteroatoms. The fraction of sp³-hybridized carbons (Fsp3) is 0.412. The fourth-order valence-electron chi connectivity index (χ4n) is 6.23. The minimum atomic E-state index is -4.55. The van der Waals surface area contributed by atoms with Crippen LogP contribution in [0.25, 0.3) is 28.2 Å². The number of fused-ring (bicyclic) bond motifs is 1. The first-order chi connectivity index (χ1) is 22.5. The summed E-state index contributed by atoms with van der Waals surface area (Å²) in [7, 11) is -0.616. The van der Waals surface area contributed by atoms with E-state index in [1.165, 1.54) is 19.3 Å². The summed E-state index contributed by atoms with van der Waals surface area (Å²) in [6.07, 6.45) is 11.8. The number of halogens is 3. The molecule has 2 atom stereocenters. The van der Waals surface area contributed by atoms with E-state index in [1.807, 2.05) is 0 Å². The number of amides is 1. The minimum Gasteiger partial charge on any atom is -0.437 e. The highest BCUT2D eigenvalue weighted by molar-refractivity contribution is 6.45. The molecule has 3 aromatic heterocycles. The largest absolute Gasteiger partial charge is 0.437 e. The molecule has 0 spiro atoms. The lowest BCUT2D eigenvalue weighted by Gasteiger charge is -2.31. The predicted octanol–water partition coefficient (Wildman–Crippen LogP) is 7.51. The number of hydrogen-bond donors (Lipinski definition) is 4. The number of benzene rings is 1. The van der Waals surface area contributed by atoms with Crippen LogP contribution in [0.4, 0.5) is 24.8 Å². The van der Waals surface area contributed by atoms with Gasteiger partial charge in [0.2, 0.25) is 0 Å². The van der Waals surface area contributed by atoms with Crippen LogP contribution in [0.15, 0.2) is 54.9 Å². The summed E-state index contributed by atoms with van der Waals surface area (Å²) in [5, 5.41) is 21.5. The van der Waals surface area contributed by atoms with Gasteiger partial charge in [-0.1, -0.05) is 50.5 Å². The lowest BCUT2D eigenvalue weighted by atomic mass is 9.82. The van der Waals surface area contributed by atoms with E-state index in [2.05, 4.69) is 44.3 Å². The standard InChI is InChI=1S/C34H41BF3N7O2/c1-3-4-5-6-7-8-10-24-21-41-32(39)29-30(44-45(31(24)29)27-12-9-11-26(20-27)43-35(2)47)22-13-15-23(16-14-22)33(46)42-28-19-25(17-18-40-28)34(36,37)38/h8,10,13-19,21,26-27,43,47H,3-7,9,11-12,20H2,1-2H3,(H2,39,41)(H,40,42,46)/b10-8+/t26-,27-/m1/s1. The Morgan fingerprint density at radius 3 is 2.66 bits per heavy atom. The zero-order valence-electron chi connectivity index (χ0n) is 26.7. The van der Waals surface area contributed by atoms with Crippen LogP contribution < -0.4 is 16.3 Å². The van der Waals surface area contributed by atoms with Crippen molar-refractivity contribution < 1.29 is 23.0 Å². The predicted molar refractivity (Wildman–Crippen MR) is 181 cm³/mol. The van der Waals surface area contributed by atoms with E-state index in [0.29, 0.717) is 22.5 Å². The number of rotatable bonds is 12. The van der Waals surface area contributed by atoms with Crippen molar-refractivity contribution in [3.8, 4) is 11.3 Å². The van der Waals surface area contributed by atoms with E-state index in [9.17, 15) is 23.0 Å². The van der Waals surface area contributed by atoms with Crippen LogP contribution in [0.2, 0.25) is 6.82 Å². The Labute approximate surface area is 273 Å². The van der Waals surface area contributed by atoms with Crippen molar-refractivity contribution in [2.24, 2.45) is 0 Å². The number of carbonyl (C=O) groups is 1. The van der Waals surface area contributed by atoms with E-state index < -0.39 is 24.7 Å². The summed E-state index contributed by atoms with van der Waals surface area (Å²) in [4.78, 5) is 21.3. The first-order valence-corrected chi connectivity index (χ1v) is 16.3. The molecule has 1 amide bonds. The van der Waals surface area contributed by atoms with E-state index in [0.717, 1.165) is 67.9 Å². The minimum absolute atomic E-state index is 0.0553. The Morgan fingerprint density at radius 1 is 1.15 bits per heavy atom. The third kappa shape index (κ3) is 8.39. The number of unbranched alkanes of at least 4 members (excludes halogenated alkanes) is 4. The number of pyridine rings is 2. The Kier molecular flexibility index (Phi) is 11.0. The second-order valence-corrected chi connectivity index (χ2v) is 12.2. The molecule has 0 saturated heterocycles. The third-order valence-electron chi connectivity index (χ3n) is 8.52. The Bertz CT molecular complexity index is 1710. The number of nitrogens with one attached hydrogen (secondary N) is 2. The highest BCUT2D eigenvalue weighted by Gasteiger charge is 2.31. The van der Waals surface area contributed by atoms with Crippen LogP contribution in [0.5, 0.6) is 0 Å². The van der Waals surface area contributed by atoms with Crippen molar-refractivity contribution in [3.05, 3.63) is 71.6 Å². The Morgan fingerprint density at radius 2 is 1.94 bits per heavy atom. The van der Waals surface area contributed by atoms with Gasteiger partial charge in [-0.25, -0.2) is 9.97 Å². The molecule has 0 aliphatic heterocycles. The molecule has 3 heterocycles. The van der Waals surface area contributed by atoms with Gasteiger partial charge in [0.15, 0.2) is 0 Å². The average molecular weight is 648 g/mol. The van der Waals surface area contributed by atoms with Gasteiger partial charge in [0.25, 0.3) is 5.91 Å². The number of hydrogen-bond acceptors (Lipinski definition) is 7. The van der Waals surface area contributed by atoms with Gasteiger partial charge >= 0.3 is 13.2 Å². The topological polar surface area (TPSA) is 131 Å². The maximum Gasteiger partial charge on any atom is 0.416 e. The van der Waals surface area contributed by atoms with Gasteiger partial charge in [0.05, 0.1) is 22.5 Å². The number of anilines is 2. The van der Waals surface area contributed by atoms with Crippen molar-refractivity contribution in [3.63, 3.8) is 0 Å². The molecule has 248 valence electrons. The van der Waals surface area contributed by atoms with Gasteiger partial charge in [-0.2, -0.15) is 18.3 Å². The van der Waals surface area contributed by atoms with Crippen molar-refractivity contribution >= 4 is 41.6 Å². The highest BCUT2D eigenvalue weighted by atomic mass is 19.4. The summed E-state index contributed by atoms with van der Waals surface area (Å²) in [6.45, 7) is 3.92. The zero-order valence-corrected chi connectivity index (χ0v) is 26.7. The maximum atomic E-state index is 13.1. The molecule has 47 heavy (non-hydrogen) atoms. The van der Waals surface area contributed by atoms with Crippen LogP contribution in [0.1, 0.15) is 92.2 Å². The molecule has 9 nitrogen and oxygen atoms in total. The normalized spacial score (nSPS) is 17.0. The molecule has 1 saturated carbocycles. The lowest BCUT2D eigenvalue weighted by molar-refractivity contribution is -0.137. The molecule has 0 unspecified atom stereocenters. The van der Waals surface area contributed by atoms with E-state index >= 15 is 0 Å². The van der Waals surface area contributed by atoms with Crippen molar-refractivity contribution in [2.75, 3.05) is 11.1 Å². The van der Waals surface area contributed by atoms with Gasteiger partial charge in [-0.3, -0.25) is 9.48 Å². The average Bonchev–Trinajstić information content (AvgIpc) is 3.45. The Balaban J connectivity index is 1.48. The first kappa shape index (κ1) is 34.1. The van der Waals surface area contributed by atoms with Gasteiger partial charge in [-0.05, 0) is 69.6 Å². The first-order valence-electron chi connectivity index (χ1n) is 16.3. The fourth-order valence-corrected chi connectivity index (χ4v) is 6.23. The molecule has 5 rings (SSSR count). The number of nitrogen functional groups attached to an aromatic ring is 1. The molecular formula is C34H41BF3N7O2. The van der Waals surface area contributed by atoms with Crippen molar-refractivity contribution in [1.82, 2.24) is 25.0 Å². The summed E-state index contributed by atoms with van der Waals surface area (Å²) >= 11 is 0. The SMILES string of the molecule is CCCCCC/C=C/c1cnc(N)c2c(-c3ccc(C(=O)Nc4cc(C(F)(F)F)ccn4)cc3)nn([C@@H]3CCC[C@@H](NB(C)O)C3)c12. The molecule has 1 aromatic carbocycles. The number of allylic oxidation sites excluding steroid dienone is 1. The quantitative estimate of drug-likeness (QED) is 0.0925. The van der Waals surface area contributed by atoms with Gasteiger partial charge in [0.1, 0.15) is 17.3 Å². The van der Waals surface area contributed by atoms with Crippen LogP contribution in [0, 0.1) is 0 Å². The van der Waals surface area contributed by atoms with Gasteiger partial charge in [-0.15, -0.1) is 0 Å². The summed E-state index contributed by atoms with van der Waals surface area (Å²) in [5.41, 5.74) is 9.02. The van der Waals surface area contributed by atoms with E-state index in [-0.39, 0.29) is 23.5 Å². The number of alkyl halides is 3. The Hall–Kier alpha value is -4.23. The molecule has 0 radical (unpaired) electrons. The van der Waals surface area contributed by atoms with Crippen molar-refractivity contribution in [1.29, 1.82) is 0 Å². The lowest BCUT2D eigenvalue weighted by Crippen LogP contribution is -2.43. The number of nitrogens with two attached hydrogens (primary N) is 1. The van der Waals surface area contributed by atoms with Crippen LogP contribution in [-0.4, -0.2) is 43.8 Å². The monoisotopic (exact) mass is 647 g/mol. The van der Waals surface area contributed by atoms with E-state index in [4.69, 9.17) is 10.8 Å². The maximum absolute atomic E-state index is 13.1.